The van der Waals surface area contributed by atoms with Crippen molar-refractivity contribution in [1.82, 2.24) is 9.78 Å². The van der Waals surface area contributed by atoms with E-state index in [1.165, 1.54) is 5.57 Å². The van der Waals surface area contributed by atoms with Crippen LogP contribution in [0.25, 0.3) is 0 Å². The normalized spacial score (nSPS) is 26.7. The minimum absolute atomic E-state index is 0.245. The molecule has 0 fully saturated rings. The molecule has 0 spiro atoms. The second-order valence-corrected chi connectivity index (χ2v) is 5.48. The SMILES string of the molecule is CC1=CC(C)CC(C(O)Cc2cnn(C)c2)C1. The zero-order valence-electron chi connectivity index (χ0n) is 10.9. The lowest BCUT2D eigenvalue weighted by Crippen LogP contribution is -2.27. The number of aromatic nitrogens is 2. The molecule has 3 atom stereocenters. The third-order valence-corrected chi connectivity index (χ3v) is 3.58. The molecule has 1 heterocycles. The van der Waals surface area contributed by atoms with Crippen molar-refractivity contribution in [2.75, 3.05) is 0 Å². The van der Waals surface area contributed by atoms with Gasteiger partial charge in [-0.25, -0.2) is 0 Å². The molecule has 3 nitrogen and oxygen atoms in total. The minimum Gasteiger partial charge on any atom is -0.392 e. The first kappa shape index (κ1) is 12.4. The molecule has 0 saturated carbocycles. The number of aliphatic hydroxyl groups excluding tert-OH is 1. The van der Waals surface area contributed by atoms with Crippen LogP contribution in [-0.2, 0) is 13.5 Å². The van der Waals surface area contributed by atoms with Crippen LogP contribution in [0.1, 0.15) is 32.3 Å². The lowest BCUT2D eigenvalue weighted by Gasteiger charge is -2.29. The molecule has 1 aliphatic carbocycles. The number of aliphatic hydroxyl groups is 1. The highest BCUT2D eigenvalue weighted by Crippen LogP contribution is 2.31. The van der Waals surface area contributed by atoms with Gasteiger partial charge in [0.05, 0.1) is 12.3 Å². The van der Waals surface area contributed by atoms with E-state index in [0.717, 1.165) is 24.8 Å². The van der Waals surface area contributed by atoms with E-state index < -0.39 is 0 Å². The van der Waals surface area contributed by atoms with E-state index in [1.807, 2.05) is 19.4 Å². The molecule has 1 aromatic heterocycles. The molecule has 3 heteroatoms. The Labute approximate surface area is 103 Å². The van der Waals surface area contributed by atoms with E-state index in [0.29, 0.717) is 11.8 Å². The highest BCUT2D eigenvalue weighted by atomic mass is 16.3. The molecule has 0 amide bonds. The largest absolute Gasteiger partial charge is 0.392 e. The molecule has 0 aliphatic heterocycles. The van der Waals surface area contributed by atoms with Crippen molar-refractivity contribution in [2.24, 2.45) is 18.9 Å². The monoisotopic (exact) mass is 234 g/mol. The zero-order valence-corrected chi connectivity index (χ0v) is 10.9. The van der Waals surface area contributed by atoms with Gasteiger partial charge < -0.3 is 5.11 Å². The molecular formula is C14H22N2O. The maximum Gasteiger partial charge on any atom is 0.0613 e. The van der Waals surface area contributed by atoms with Crippen LogP contribution in [0.5, 0.6) is 0 Å². The fraction of sp³-hybridized carbons (Fsp3) is 0.643. The molecule has 3 unspecified atom stereocenters. The van der Waals surface area contributed by atoms with Crippen LogP contribution in [0.4, 0.5) is 0 Å². The van der Waals surface area contributed by atoms with Gasteiger partial charge in [0, 0.05) is 19.7 Å². The molecule has 1 N–H and O–H groups in total. The fourth-order valence-corrected chi connectivity index (χ4v) is 2.87. The van der Waals surface area contributed by atoms with Gasteiger partial charge in [-0.3, -0.25) is 4.68 Å². The number of rotatable bonds is 3. The Morgan fingerprint density at radius 3 is 2.94 bits per heavy atom. The Kier molecular flexibility index (Phi) is 3.67. The van der Waals surface area contributed by atoms with Crippen LogP contribution in [0, 0.1) is 11.8 Å². The number of hydrogen-bond acceptors (Lipinski definition) is 2. The van der Waals surface area contributed by atoms with Gasteiger partial charge >= 0.3 is 0 Å². The third-order valence-electron chi connectivity index (χ3n) is 3.58. The van der Waals surface area contributed by atoms with Gasteiger partial charge in [-0.2, -0.15) is 5.10 Å². The summed E-state index contributed by atoms with van der Waals surface area (Å²) in [5.41, 5.74) is 2.54. The van der Waals surface area contributed by atoms with Crippen molar-refractivity contribution >= 4 is 0 Å². The van der Waals surface area contributed by atoms with Gasteiger partial charge in [0.25, 0.3) is 0 Å². The van der Waals surface area contributed by atoms with Gasteiger partial charge in [-0.15, -0.1) is 0 Å². The lowest BCUT2D eigenvalue weighted by atomic mass is 9.79. The lowest BCUT2D eigenvalue weighted by molar-refractivity contribution is 0.0932. The smallest absolute Gasteiger partial charge is 0.0613 e. The second-order valence-electron chi connectivity index (χ2n) is 5.48. The van der Waals surface area contributed by atoms with E-state index in [4.69, 9.17) is 0 Å². The summed E-state index contributed by atoms with van der Waals surface area (Å²) in [5.74, 6) is 0.993. The Morgan fingerprint density at radius 1 is 1.59 bits per heavy atom. The summed E-state index contributed by atoms with van der Waals surface area (Å²) < 4.78 is 1.79. The van der Waals surface area contributed by atoms with Crippen molar-refractivity contribution < 1.29 is 5.11 Å². The average Bonchev–Trinajstić information content (AvgIpc) is 2.62. The van der Waals surface area contributed by atoms with Crippen molar-refractivity contribution in [1.29, 1.82) is 0 Å². The van der Waals surface area contributed by atoms with E-state index in [2.05, 4.69) is 25.0 Å². The van der Waals surface area contributed by atoms with Crippen LogP contribution in [-0.4, -0.2) is 21.0 Å². The summed E-state index contributed by atoms with van der Waals surface area (Å²) in [4.78, 5) is 0. The Bertz CT molecular complexity index is 408. The van der Waals surface area contributed by atoms with Crippen molar-refractivity contribution in [2.45, 2.75) is 39.2 Å². The number of allylic oxidation sites excluding steroid dienone is 2. The van der Waals surface area contributed by atoms with Crippen molar-refractivity contribution in [3.63, 3.8) is 0 Å². The minimum atomic E-state index is -0.245. The van der Waals surface area contributed by atoms with E-state index in [-0.39, 0.29) is 6.10 Å². The molecule has 0 saturated heterocycles. The quantitative estimate of drug-likeness (QED) is 0.815. The summed E-state index contributed by atoms with van der Waals surface area (Å²) in [5, 5.41) is 14.4. The van der Waals surface area contributed by atoms with Gasteiger partial charge in [-0.05, 0) is 37.2 Å². The molecular weight excluding hydrogens is 212 g/mol. The molecule has 94 valence electrons. The van der Waals surface area contributed by atoms with Gasteiger partial charge in [0.2, 0.25) is 0 Å². The van der Waals surface area contributed by atoms with Gasteiger partial charge in [0.1, 0.15) is 0 Å². The van der Waals surface area contributed by atoms with Crippen LogP contribution in [0.2, 0.25) is 0 Å². The molecule has 0 aromatic carbocycles. The van der Waals surface area contributed by atoms with Gasteiger partial charge in [0.15, 0.2) is 0 Å². The average molecular weight is 234 g/mol. The summed E-state index contributed by atoms with van der Waals surface area (Å²) in [6.07, 6.45) is 8.76. The van der Waals surface area contributed by atoms with E-state index in [9.17, 15) is 5.11 Å². The predicted molar refractivity (Wildman–Crippen MR) is 68.6 cm³/mol. The first-order valence-corrected chi connectivity index (χ1v) is 6.37. The first-order chi connectivity index (χ1) is 8.04. The van der Waals surface area contributed by atoms with Crippen molar-refractivity contribution in [3.8, 4) is 0 Å². The first-order valence-electron chi connectivity index (χ1n) is 6.37. The van der Waals surface area contributed by atoms with Gasteiger partial charge in [-0.1, -0.05) is 18.6 Å². The van der Waals surface area contributed by atoms with Crippen molar-refractivity contribution in [3.05, 3.63) is 29.6 Å². The Balaban J connectivity index is 1.96. The van der Waals surface area contributed by atoms with Crippen LogP contribution < -0.4 is 0 Å². The molecule has 1 aromatic rings. The van der Waals surface area contributed by atoms with Crippen LogP contribution in [0.15, 0.2) is 24.0 Å². The second kappa shape index (κ2) is 5.05. The summed E-state index contributed by atoms with van der Waals surface area (Å²) in [7, 11) is 1.91. The molecule has 2 rings (SSSR count). The standard InChI is InChI=1S/C14H22N2O/c1-10-4-11(2)6-13(5-10)14(17)7-12-8-15-16(3)9-12/h4,8-10,13-14,17H,5-7H2,1-3H3. The van der Waals surface area contributed by atoms with Crippen LogP contribution >= 0.6 is 0 Å². The number of aryl methyl sites for hydroxylation is 1. The predicted octanol–water partition coefficient (Wildman–Crippen LogP) is 2.32. The highest BCUT2D eigenvalue weighted by Gasteiger charge is 2.25. The maximum absolute atomic E-state index is 10.3. The number of hydrogen-bond donors (Lipinski definition) is 1. The highest BCUT2D eigenvalue weighted by molar-refractivity contribution is 5.10. The Hall–Kier alpha value is -1.09. The summed E-state index contributed by atoms with van der Waals surface area (Å²) in [6, 6.07) is 0. The van der Waals surface area contributed by atoms with Crippen LogP contribution in [0.3, 0.4) is 0 Å². The zero-order chi connectivity index (χ0) is 12.4. The number of nitrogens with zero attached hydrogens (tertiary/aromatic N) is 2. The summed E-state index contributed by atoms with van der Waals surface area (Å²) in [6.45, 7) is 4.39. The third kappa shape index (κ3) is 3.19. The van der Waals surface area contributed by atoms with E-state index in [1.54, 1.807) is 4.68 Å². The fourth-order valence-electron chi connectivity index (χ4n) is 2.87. The van der Waals surface area contributed by atoms with E-state index >= 15 is 0 Å². The Morgan fingerprint density at radius 2 is 2.35 bits per heavy atom. The molecule has 0 radical (unpaired) electrons. The molecule has 17 heavy (non-hydrogen) atoms. The molecule has 1 aliphatic rings. The maximum atomic E-state index is 10.3. The molecule has 0 bridgehead atoms. The summed E-state index contributed by atoms with van der Waals surface area (Å²) >= 11 is 0. The topological polar surface area (TPSA) is 38.1 Å².